The van der Waals surface area contributed by atoms with E-state index in [0.717, 1.165) is 11.1 Å². The Balaban J connectivity index is 2.75. The zero-order valence-electron chi connectivity index (χ0n) is 15.7. The highest BCUT2D eigenvalue weighted by molar-refractivity contribution is 7.89. The Morgan fingerprint density at radius 3 is 1.83 bits per heavy atom. The lowest BCUT2D eigenvalue weighted by atomic mass is 9.89. The Labute approximate surface area is 146 Å². The summed E-state index contributed by atoms with van der Waals surface area (Å²) >= 11 is 0. The molecule has 1 N–H and O–H groups in total. The van der Waals surface area contributed by atoms with Crippen molar-refractivity contribution in [3.8, 4) is 0 Å². The molecule has 1 saturated heterocycles. The molecular formula is C19H31NO3S. The highest BCUT2D eigenvalue weighted by Crippen LogP contribution is 2.38. The Bertz CT molecular complexity index is 664. The first-order chi connectivity index (χ1) is 11.1. The maximum atomic E-state index is 13.3. The van der Waals surface area contributed by atoms with Crippen molar-refractivity contribution in [2.45, 2.75) is 83.3 Å². The van der Waals surface area contributed by atoms with Gasteiger partial charge in [0.25, 0.3) is 0 Å². The third-order valence-electron chi connectivity index (χ3n) is 4.82. The normalized spacial score (nSPS) is 19.8. The van der Waals surface area contributed by atoms with Crippen molar-refractivity contribution in [1.82, 2.24) is 4.31 Å². The molecule has 1 aliphatic rings. The van der Waals surface area contributed by atoms with Crippen LogP contribution in [0.5, 0.6) is 0 Å². The second-order valence-electron chi connectivity index (χ2n) is 7.73. The summed E-state index contributed by atoms with van der Waals surface area (Å²) in [5.41, 5.74) is 2.90. The minimum absolute atomic E-state index is 0.103. The third-order valence-corrected chi connectivity index (χ3v) is 6.85. The van der Waals surface area contributed by atoms with E-state index in [1.54, 1.807) is 0 Å². The fraction of sp³-hybridized carbons (Fsp3) is 0.684. The number of sulfonamides is 1. The zero-order chi connectivity index (χ0) is 18.2. The first-order valence-corrected chi connectivity index (χ1v) is 10.4. The lowest BCUT2D eigenvalue weighted by Crippen LogP contribution is -2.36. The van der Waals surface area contributed by atoms with Gasteiger partial charge in [-0.05, 0) is 47.3 Å². The number of aliphatic hydroxyl groups is 1. The summed E-state index contributed by atoms with van der Waals surface area (Å²) in [5, 5.41) is 10.1. The Morgan fingerprint density at radius 1 is 1.00 bits per heavy atom. The van der Waals surface area contributed by atoms with Crippen LogP contribution >= 0.6 is 0 Å². The van der Waals surface area contributed by atoms with E-state index in [1.165, 1.54) is 9.87 Å². The molecule has 2 rings (SSSR count). The molecule has 24 heavy (non-hydrogen) atoms. The van der Waals surface area contributed by atoms with Crippen LogP contribution in [0.2, 0.25) is 0 Å². The Hall–Kier alpha value is -0.910. The van der Waals surface area contributed by atoms with E-state index in [4.69, 9.17) is 0 Å². The standard InChI is InChI=1S/C19H31NO3S/c1-12(2)15-10-16(13(3)4)19(17(11-15)14(5)6)24(22,23)20-9-7-8-18(20)21/h10-14,18,21H,7-9H2,1-6H3. The van der Waals surface area contributed by atoms with Gasteiger partial charge in [-0.2, -0.15) is 4.31 Å². The fourth-order valence-electron chi connectivity index (χ4n) is 3.31. The van der Waals surface area contributed by atoms with Gasteiger partial charge < -0.3 is 5.11 Å². The largest absolute Gasteiger partial charge is 0.377 e. The molecule has 4 nitrogen and oxygen atoms in total. The SMILES string of the molecule is CC(C)c1cc(C(C)C)c(S(=O)(=O)N2CCCC2O)c(C(C)C)c1. The molecule has 0 bridgehead atoms. The van der Waals surface area contributed by atoms with Gasteiger partial charge in [-0.1, -0.05) is 53.7 Å². The van der Waals surface area contributed by atoms with Crippen molar-refractivity contribution >= 4 is 10.0 Å². The molecule has 1 atom stereocenters. The van der Waals surface area contributed by atoms with Crippen LogP contribution in [-0.4, -0.2) is 30.6 Å². The molecule has 5 heteroatoms. The van der Waals surface area contributed by atoms with Crippen LogP contribution in [0.15, 0.2) is 17.0 Å². The molecule has 0 saturated carbocycles. The van der Waals surface area contributed by atoms with Crippen LogP contribution in [0.1, 0.15) is 88.8 Å². The minimum Gasteiger partial charge on any atom is -0.377 e. The smallest absolute Gasteiger partial charge is 0.245 e. The molecule has 0 spiro atoms. The number of benzene rings is 1. The topological polar surface area (TPSA) is 57.6 Å². The summed E-state index contributed by atoms with van der Waals surface area (Å²) in [6.07, 6.45) is 0.315. The average molecular weight is 354 g/mol. The Morgan fingerprint density at radius 2 is 1.50 bits per heavy atom. The van der Waals surface area contributed by atoms with Crippen LogP contribution in [0, 0.1) is 0 Å². The lowest BCUT2D eigenvalue weighted by molar-refractivity contribution is 0.0948. The van der Waals surface area contributed by atoms with Gasteiger partial charge in [0.2, 0.25) is 10.0 Å². The highest BCUT2D eigenvalue weighted by Gasteiger charge is 2.37. The number of nitrogens with zero attached hydrogens (tertiary/aromatic N) is 1. The monoisotopic (exact) mass is 353 g/mol. The van der Waals surface area contributed by atoms with E-state index in [-0.39, 0.29) is 11.8 Å². The predicted octanol–water partition coefficient (Wildman–Crippen LogP) is 4.16. The second-order valence-corrected chi connectivity index (χ2v) is 9.56. The van der Waals surface area contributed by atoms with Gasteiger partial charge in [0.1, 0.15) is 6.23 Å². The molecule has 1 fully saturated rings. The number of aliphatic hydroxyl groups excluding tert-OH is 1. The zero-order valence-corrected chi connectivity index (χ0v) is 16.5. The van der Waals surface area contributed by atoms with Gasteiger partial charge in [0, 0.05) is 6.54 Å². The van der Waals surface area contributed by atoms with Crippen LogP contribution in [0.4, 0.5) is 0 Å². The first kappa shape index (κ1) is 19.4. The minimum atomic E-state index is -3.70. The van der Waals surface area contributed by atoms with Crippen molar-refractivity contribution in [1.29, 1.82) is 0 Å². The van der Waals surface area contributed by atoms with E-state index in [0.29, 0.717) is 30.2 Å². The van der Waals surface area contributed by atoms with Crippen LogP contribution < -0.4 is 0 Å². The molecule has 1 aromatic carbocycles. The Kier molecular flexibility index (Phi) is 5.78. The van der Waals surface area contributed by atoms with Crippen molar-refractivity contribution in [2.24, 2.45) is 0 Å². The summed E-state index contributed by atoms with van der Waals surface area (Å²) in [6, 6.07) is 4.08. The number of hydrogen-bond acceptors (Lipinski definition) is 3. The van der Waals surface area contributed by atoms with E-state index >= 15 is 0 Å². The molecular weight excluding hydrogens is 322 g/mol. The molecule has 0 aromatic heterocycles. The summed E-state index contributed by atoms with van der Waals surface area (Å²) in [5.74, 6) is 0.547. The van der Waals surface area contributed by atoms with Crippen molar-refractivity contribution in [2.75, 3.05) is 6.54 Å². The third kappa shape index (κ3) is 3.53. The molecule has 136 valence electrons. The predicted molar refractivity (Wildman–Crippen MR) is 97.8 cm³/mol. The second kappa shape index (κ2) is 7.14. The average Bonchev–Trinajstić information content (AvgIpc) is 2.92. The van der Waals surface area contributed by atoms with E-state index in [1.807, 2.05) is 39.8 Å². The van der Waals surface area contributed by atoms with Gasteiger partial charge in [-0.3, -0.25) is 0 Å². The van der Waals surface area contributed by atoms with Crippen LogP contribution in [0.3, 0.4) is 0 Å². The summed E-state index contributed by atoms with van der Waals surface area (Å²) in [6.45, 7) is 12.8. The molecule has 0 radical (unpaired) electrons. The molecule has 0 aliphatic carbocycles. The summed E-state index contributed by atoms with van der Waals surface area (Å²) in [7, 11) is -3.70. The van der Waals surface area contributed by atoms with Gasteiger partial charge in [0.05, 0.1) is 4.90 Å². The fourth-order valence-corrected chi connectivity index (χ4v) is 5.52. The molecule has 1 aromatic rings. The van der Waals surface area contributed by atoms with Gasteiger partial charge in [-0.25, -0.2) is 8.42 Å². The van der Waals surface area contributed by atoms with Gasteiger partial charge in [-0.15, -0.1) is 0 Å². The number of hydrogen-bond donors (Lipinski definition) is 1. The molecule has 1 heterocycles. The maximum Gasteiger partial charge on any atom is 0.245 e. The number of rotatable bonds is 5. The molecule has 1 aliphatic heterocycles. The maximum absolute atomic E-state index is 13.3. The van der Waals surface area contributed by atoms with E-state index in [9.17, 15) is 13.5 Å². The van der Waals surface area contributed by atoms with Gasteiger partial charge in [0.15, 0.2) is 0 Å². The first-order valence-electron chi connectivity index (χ1n) is 8.95. The lowest BCUT2D eigenvalue weighted by Gasteiger charge is -2.27. The summed E-state index contributed by atoms with van der Waals surface area (Å²) in [4.78, 5) is 0.415. The van der Waals surface area contributed by atoms with Crippen LogP contribution in [0.25, 0.3) is 0 Å². The highest BCUT2D eigenvalue weighted by atomic mass is 32.2. The molecule has 0 amide bonds. The van der Waals surface area contributed by atoms with Crippen LogP contribution in [-0.2, 0) is 10.0 Å². The van der Waals surface area contributed by atoms with Crippen molar-refractivity contribution in [3.05, 3.63) is 28.8 Å². The van der Waals surface area contributed by atoms with E-state index < -0.39 is 16.3 Å². The van der Waals surface area contributed by atoms with E-state index in [2.05, 4.69) is 13.8 Å². The van der Waals surface area contributed by atoms with Crippen molar-refractivity contribution < 1.29 is 13.5 Å². The molecule has 1 unspecified atom stereocenters. The quantitative estimate of drug-likeness (QED) is 0.865. The summed E-state index contributed by atoms with van der Waals surface area (Å²) < 4.78 is 28.0. The van der Waals surface area contributed by atoms with Gasteiger partial charge >= 0.3 is 0 Å². The van der Waals surface area contributed by atoms with Crippen molar-refractivity contribution in [3.63, 3.8) is 0 Å².